The second kappa shape index (κ2) is 7.72. The van der Waals surface area contributed by atoms with Gasteiger partial charge in [0, 0.05) is 28.9 Å². The van der Waals surface area contributed by atoms with Gasteiger partial charge in [-0.25, -0.2) is 4.98 Å². The maximum absolute atomic E-state index is 12.7. The number of aryl methyl sites for hydroxylation is 2. The topological polar surface area (TPSA) is 59.8 Å². The number of halogens is 1. The van der Waals surface area contributed by atoms with Gasteiger partial charge in [-0.05, 0) is 30.5 Å². The predicted octanol–water partition coefficient (Wildman–Crippen LogP) is 5.07. The second-order valence-corrected chi connectivity index (χ2v) is 8.48. The van der Waals surface area contributed by atoms with Crippen molar-refractivity contribution < 1.29 is 4.79 Å². The van der Waals surface area contributed by atoms with Crippen molar-refractivity contribution in [2.75, 3.05) is 5.32 Å². The Morgan fingerprint density at radius 2 is 2.00 bits per heavy atom. The molecule has 2 aromatic heterocycles. The molecule has 2 heterocycles. The molecule has 136 valence electrons. The highest BCUT2D eigenvalue weighted by Crippen LogP contribution is 2.32. The quantitative estimate of drug-likeness (QED) is 0.612. The molecule has 3 rings (SSSR count). The van der Waals surface area contributed by atoms with Crippen molar-refractivity contribution in [3.63, 3.8) is 0 Å². The van der Waals surface area contributed by atoms with Crippen molar-refractivity contribution >= 4 is 39.0 Å². The monoisotopic (exact) mass is 432 g/mol. The summed E-state index contributed by atoms with van der Waals surface area (Å²) in [5.41, 5.74) is 3.24. The van der Waals surface area contributed by atoms with Gasteiger partial charge in [-0.1, -0.05) is 41.9 Å². The molecule has 1 aromatic carbocycles. The number of amides is 1. The Kier molecular flexibility index (Phi) is 5.58. The third kappa shape index (κ3) is 4.04. The number of nitrogens with one attached hydrogen (secondary N) is 1. The standard InChI is InChI=1S/C19H21BrN4OS/c1-11(2)9-16-21-15(10-26-16)19(25)22-18-17(12(3)23-24(18)4)13-5-7-14(20)8-6-13/h5-8,10-11H,9H2,1-4H3,(H,22,25). The van der Waals surface area contributed by atoms with Crippen LogP contribution in [0.15, 0.2) is 34.1 Å². The molecular formula is C19H21BrN4OS. The van der Waals surface area contributed by atoms with E-state index in [1.807, 2.05) is 43.6 Å². The number of carbonyl (C=O) groups excluding carboxylic acids is 1. The first kappa shape index (κ1) is 18.8. The van der Waals surface area contributed by atoms with Crippen LogP contribution in [-0.4, -0.2) is 20.7 Å². The van der Waals surface area contributed by atoms with Crippen LogP contribution in [0.25, 0.3) is 11.1 Å². The summed E-state index contributed by atoms with van der Waals surface area (Å²) in [5.74, 6) is 0.978. The van der Waals surface area contributed by atoms with Crippen LogP contribution in [0.4, 0.5) is 5.82 Å². The Morgan fingerprint density at radius 1 is 1.31 bits per heavy atom. The molecule has 0 aliphatic carbocycles. The summed E-state index contributed by atoms with van der Waals surface area (Å²) in [7, 11) is 1.83. The average molecular weight is 433 g/mol. The van der Waals surface area contributed by atoms with Crippen molar-refractivity contribution in [3.8, 4) is 11.1 Å². The van der Waals surface area contributed by atoms with Gasteiger partial charge in [0.25, 0.3) is 5.91 Å². The fraction of sp³-hybridized carbons (Fsp3) is 0.316. The van der Waals surface area contributed by atoms with E-state index in [4.69, 9.17) is 0 Å². The fourth-order valence-electron chi connectivity index (χ4n) is 2.79. The van der Waals surface area contributed by atoms with Crippen LogP contribution in [0.1, 0.15) is 35.0 Å². The first-order valence-electron chi connectivity index (χ1n) is 8.40. The van der Waals surface area contributed by atoms with Gasteiger partial charge in [0.15, 0.2) is 0 Å². The molecule has 0 saturated carbocycles. The van der Waals surface area contributed by atoms with Crippen LogP contribution < -0.4 is 5.32 Å². The summed E-state index contributed by atoms with van der Waals surface area (Å²) in [4.78, 5) is 17.2. The molecule has 0 atom stereocenters. The molecule has 0 unspecified atom stereocenters. The molecule has 26 heavy (non-hydrogen) atoms. The van der Waals surface area contributed by atoms with Crippen molar-refractivity contribution in [1.29, 1.82) is 0 Å². The lowest BCUT2D eigenvalue weighted by Gasteiger charge is -2.08. The molecule has 1 amide bonds. The van der Waals surface area contributed by atoms with Crippen molar-refractivity contribution in [1.82, 2.24) is 14.8 Å². The summed E-state index contributed by atoms with van der Waals surface area (Å²) in [5, 5.41) is 10.3. The Bertz CT molecular complexity index is 928. The molecule has 0 radical (unpaired) electrons. The summed E-state index contributed by atoms with van der Waals surface area (Å²) >= 11 is 4.98. The van der Waals surface area contributed by atoms with E-state index in [0.29, 0.717) is 17.4 Å². The average Bonchev–Trinajstić information content (AvgIpc) is 3.13. The highest BCUT2D eigenvalue weighted by molar-refractivity contribution is 9.10. The zero-order valence-electron chi connectivity index (χ0n) is 15.2. The third-order valence-corrected chi connectivity index (χ3v) is 5.35. The molecule has 7 heteroatoms. The van der Waals surface area contributed by atoms with Crippen molar-refractivity contribution in [3.05, 3.63) is 50.5 Å². The number of anilines is 1. The summed E-state index contributed by atoms with van der Waals surface area (Å²) in [6.45, 7) is 6.23. The van der Waals surface area contributed by atoms with E-state index in [0.717, 1.165) is 32.7 Å². The Balaban J connectivity index is 1.89. The van der Waals surface area contributed by atoms with Gasteiger partial charge >= 0.3 is 0 Å². The number of rotatable bonds is 5. The first-order valence-corrected chi connectivity index (χ1v) is 10.1. The summed E-state index contributed by atoms with van der Waals surface area (Å²) < 4.78 is 2.71. The molecule has 0 fully saturated rings. The van der Waals surface area contributed by atoms with Gasteiger partial charge < -0.3 is 5.32 Å². The summed E-state index contributed by atoms with van der Waals surface area (Å²) in [6.07, 6.45) is 0.882. The minimum atomic E-state index is -0.211. The van der Waals surface area contributed by atoms with Crippen LogP contribution in [-0.2, 0) is 13.5 Å². The SMILES string of the molecule is Cc1nn(C)c(NC(=O)c2csc(CC(C)C)n2)c1-c1ccc(Br)cc1. The van der Waals surface area contributed by atoms with Gasteiger partial charge in [-0.2, -0.15) is 5.10 Å². The number of carbonyl (C=O) groups is 1. The van der Waals surface area contributed by atoms with E-state index in [2.05, 4.69) is 45.2 Å². The zero-order valence-corrected chi connectivity index (χ0v) is 17.6. The van der Waals surface area contributed by atoms with Gasteiger partial charge in [0.2, 0.25) is 0 Å². The van der Waals surface area contributed by atoms with E-state index in [1.54, 1.807) is 4.68 Å². The van der Waals surface area contributed by atoms with E-state index < -0.39 is 0 Å². The van der Waals surface area contributed by atoms with Crippen molar-refractivity contribution in [2.45, 2.75) is 27.2 Å². The highest BCUT2D eigenvalue weighted by atomic mass is 79.9. The van der Waals surface area contributed by atoms with Crippen LogP contribution in [0.3, 0.4) is 0 Å². The molecular weight excluding hydrogens is 412 g/mol. The Hall–Kier alpha value is -1.99. The Morgan fingerprint density at radius 3 is 2.65 bits per heavy atom. The van der Waals surface area contributed by atoms with E-state index in [-0.39, 0.29) is 5.91 Å². The van der Waals surface area contributed by atoms with E-state index in [1.165, 1.54) is 11.3 Å². The number of benzene rings is 1. The maximum atomic E-state index is 12.7. The molecule has 0 spiro atoms. The third-order valence-electron chi connectivity index (χ3n) is 3.95. The van der Waals surface area contributed by atoms with Gasteiger partial charge in [0.1, 0.15) is 11.5 Å². The lowest BCUT2D eigenvalue weighted by Crippen LogP contribution is -2.15. The predicted molar refractivity (Wildman–Crippen MR) is 110 cm³/mol. The molecule has 1 N–H and O–H groups in total. The van der Waals surface area contributed by atoms with E-state index >= 15 is 0 Å². The minimum absolute atomic E-state index is 0.211. The van der Waals surface area contributed by atoms with Crippen LogP contribution in [0.2, 0.25) is 0 Å². The number of hydrogen-bond donors (Lipinski definition) is 1. The van der Waals surface area contributed by atoms with Crippen LogP contribution in [0, 0.1) is 12.8 Å². The van der Waals surface area contributed by atoms with Crippen molar-refractivity contribution in [2.24, 2.45) is 13.0 Å². The summed E-state index contributed by atoms with van der Waals surface area (Å²) in [6, 6.07) is 7.97. The highest BCUT2D eigenvalue weighted by Gasteiger charge is 2.19. The molecule has 3 aromatic rings. The smallest absolute Gasteiger partial charge is 0.276 e. The lowest BCUT2D eigenvalue weighted by atomic mass is 10.1. The molecule has 0 aliphatic rings. The van der Waals surface area contributed by atoms with Crippen LogP contribution in [0.5, 0.6) is 0 Å². The van der Waals surface area contributed by atoms with Gasteiger partial charge in [-0.3, -0.25) is 9.48 Å². The molecule has 5 nitrogen and oxygen atoms in total. The molecule has 0 aliphatic heterocycles. The maximum Gasteiger partial charge on any atom is 0.276 e. The van der Waals surface area contributed by atoms with Gasteiger partial charge in [-0.15, -0.1) is 11.3 Å². The molecule has 0 saturated heterocycles. The number of nitrogens with zero attached hydrogens (tertiary/aromatic N) is 3. The van der Waals surface area contributed by atoms with E-state index in [9.17, 15) is 4.79 Å². The second-order valence-electron chi connectivity index (χ2n) is 6.62. The number of aromatic nitrogens is 3. The molecule has 0 bridgehead atoms. The first-order chi connectivity index (χ1) is 12.3. The Labute approximate surface area is 165 Å². The zero-order chi connectivity index (χ0) is 18.8. The largest absolute Gasteiger partial charge is 0.305 e. The minimum Gasteiger partial charge on any atom is -0.305 e. The number of thiazole rings is 1. The van der Waals surface area contributed by atoms with Gasteiger partial charge in [0.05, 0.1) is 10.7 Å². The fourth-order valence-corrected chi connectivity index (χ4v) is 4.05. The number of hydrogen-bond acceptors (Lipinski definition) is 4. The normalized spacial score (nSPS) is 11.2. The lowest BCUT2D eigenvalue weighted by molar-refractivity contribution is 0.102. The van der Waals surface area contributed by atoms with Crippen LogP contribution >= 0.6 is 27.3 Å².